The Morgan fingerprint density at radius 2 is 2.25 bits per heavy atom. The molecule has 0 bridgehead atoms. The maximum absolute atomic E-state index is 11.9. The number of hydrogen-bond acceptors (Lipinski definition) is 4. The molecule has 20 heavy (non-hydrogen) atoms. The van der Waals surface area contributed by atoms with Crippen LogP contribution in [0, 0.1) is 0 Å². The summed E-state index contributed by atoms with van der Waals surface area (Å²) in [6, 6.07) is 5.68. The van der Waals surface area contributed by atoms with Gasteiger partial charge in [-0.1, -0.05) is 6.07 Å². The van der Waals surface area contributed by atoms with E-state index in [1.54, 1.807) is 0 Å². The number of nitrogens with one attached hydrogen (secondary N) is 1. The molecule has 1 aromatic carbocycles. The minimum atomic E-state index is -0.333. The van der Waals surface area contributed by atoms with Gasteiger partial charge in [0.25, 0.3) is 0 Å². The number of rotatable bonds is 3. The molecule has 0 aliphatic carbocycles. The van der Waals surface area contributed by atoms with Gasteiger partial charge in [0.1, 0.15) is 11.8 Å². The molecule has 0 radical (unpaired) electrons. The smallest absolute Gasteiger partial charge is 0.239 e. The molecular weight excluding hydrogens is 254 g/mol. The third-order valence-electron chi connectivity index (χ3n) is 4.04. The van der Waals surface area contributed by atoms with E-state index < -0.39 is 0 Å². The molecule has 1 fully saturated rings. The van der Waals surface area contributed by atoms with Crippen LogP contribution >= 0.6 is 0 Å². The van der Waals surface area contributed by atoms with Gasteiger partial charge in [-0.25, -0.2) is 0 Å². The minimum absolute atomic E-state index is 0.272. The maximum atomic E-state index is 11.9. The Balaban J connectivity index is 1.87. The van der Waals surface area contributed by atoms with Crippen LogP contribution in [0.15, 0.2) is 18.2 Å². The second-order valence-corrected chi connectivity index (χ2v) is 5.41. The zero-order valence-corrected chi connectivity index (χ0v) is 11.6. The molecule has 2 aliphatic heterocycles. The summed E-state index contributed by atoms with van der Waals surface area (Å²) in [7, 11) is 0. The number of hydrogen-bond donors (Lipinski definition) is 2. The molecule has 2 heterocycles. The first kappa shape index (κ1) is 13.4. The van der Waals surface area contributed by atoms with Gasteiger partial charge in [-0.3, -0.25) is 9.69 Å². The zero-order chi connectivity index (χ0) is 13.9. The molecule has 5 heteroatoms. The summed E-state index contributed by atoms with van der Waals surface area (Å²) in [4.78, 5) is 14.1. The van der Waals surface area contributed by atoms with Crippen molar-refractivity contribution >= 4 is 5.91 Å². The van der Waals surface area contributed by atoms with Gasteiger partial charge < -0.3 is 15.8 Å². The highest BCUT2D eigenvalue weighted by molar-refractivity contribution is 5.81. The summed E-state index contributed by atoms with van der Waals surface area (Å²) in [6.45, 7) is 4.38. The number of primary amides is 1. The standard InChI is InChI=1S/C15H21N3O2/c16-15(19)14(18-7-1-5-17-6-8-18)12-2-3-13-11(10-12)4-9-20-13/h2-3,10,14,17H,1,4-9H2,(H2,16,19). The van der Waals surface area contributed by atoms with Gasteiger partial charge in [0, 0.05) is 26.1 Å². The van der Waals surface area contributed by atoms with E-state index in [1.807, 2.05) is 12.1 Å². The van der Waals surface area contributed by atoms with E-state index in [4.69, 9.17) is 10.5 Å². The Kier molecular flexibility index (Phi) is 3.89. The fraction of sp³-hybridized carbons (Fsp3) is 0.533. The molecule has 1 saturated heterocycles. The van der Waals surface area contributed by atoms with Gasteiger partial charge in [0.15, 0.2) is 0 Å². The number of benzene rings is 1. The first-order valence-electron chi connectivity index (χ1n) is 7.25. The third kappa shape index (κ3) is 2.64. The maximum Gasteiger partial charge on any atom is 0.239 e. The largest absolute Gasteiger partial charge is 0.493 e. The lowest BCUT2D eigenvalue weighted by Crippen LogP contribution is -2.39. The van der Waals surface area contributed by atoms with Crippen LogP contribution in [0.25, 0.3) is 0 Å². The number of nitrogens with zero attached hydrogens (tertiary/aromatic N) is 1. The summed E-state index contributed by atoms with van der Waals surface area (Å²) >= 11 is 0. The van der Waals surface area contributed by atoms with E-state index in [-0.39, 0.29) is 11.9 Å². The molecule has 1 atom stereocenters. The Bertz CT molecular complexity index is 496. The lowest BCUT2D eigenvalue weighted by Gasteiger charge is -2.28. The second-order valence-electron chi connectivity index (χ2n) is 5.41. The molecular formula is C15H21N3O2. The van der Waals surface area contributed by atoms with Crippen molar-refractivity contribution in [2.45, 2.75) is 18.9 Å². The van der Waals surface area contributed by atoms with Gasteiger partial charge in [-0.2, -0.15) is 0 Å². The van der Waals surface area contributed by atoms with E-state index in [9.17, 15) is 4.79 Å². The molecule has 108 valence electrons. The first-order chi connectivity index (χ1) is 9.75. The van der Waals surface area contributed by atoms with Crippen molar-refractivity contribution in [1.82, 2.24) is 10.2 Å². The molecule has 5 nitrogen and oxygen atoms in total. The molecule has 2 aliphatic rings. The number of carbonyl (C=O) groups excluding carboxylic acids is 1. The lowest BCUT2D eigenvalue weighted by atomic mass is 10.0. The highest BCUT2D eigenvalue weighted by atomic mass is 16.5. The Morgan fingerprint density at radius 1 is 1.35 bits per heavy atom. The minimum Gasteiger partial charge on any atom is -0.493 e. The number of carbonyl (C=O) groups is 1. The number of ether oxygens (including phenoxy) is 1. The van der Waals surface area contributed by atoms with Crippen molar-refractivity contribution in [1.29, 1.82) is 0 Å². The van der Waals surface area contributed by atoms with Crippen molar-refractivity contribution < 1.29 is 9.53 Å². The van der Waals surface area contributed by atoms with Crippen LogP contribution in [-0.2, 0) is 11.2 Å². The highest BCUT2D eigenvalue weighted by Crippen LogP contribution is 2.30. The van der Waals surface area contributed by atoms with Crippen LogP contribution in [0.1, 0.15) is 23.6 Å². The topological polar surface area (TPSA) is 67.6 Å². The number of fused-ring (bicyclic) bond motifs is 1. The number of amides is 1. The molecule has 1 unspecified atom stereocenters. The molecule has 3 rings (SSSR count). The molecule has 0 saturated carbocycles. The van der Waals surface area contributed by atoms with Crippen molar-refractivity contribution in [2.75, 3.05) is 32.8 Å². The van der Waals surface area contributed by atoms with Crippen molar-refractivity contribution in [3.63, 3.8) is 0 Å². The van der Waals surface area contributed by atoms with Gasteiger partial charge in [0.2, 0.25) is 5.91 Å². The van der Waals surface area contributed by atoms with Crippen LogP contribution < -0.4 is 15.8 Å². The predicted octanol–water partition coefficient (Wildman–Crippen LogP) is 0.443. The third-order valence-corrected chi connectivity index (χ3v) is 4.04. The van der Waals surface area contributed by atoms with Gasteiger partial charge in [0.05, 0.1) is 6.61 Å². The Labute approximate surface area is 119 Å². The van der Waals surface area contributed by atoms with Gasteiger partial charge in [-0.05, 0) is 36.2 Å². The van der Waals surface area contributed by atoms with Crippen LogP contribution in [0.5, 0.6) is 5.75 Å². The fourth-order valence-corrected chi connectivity index (χ4v) is 3.06. The Hall–Kier alpha value is -1.59. The summed E-state index contributed by atoms with van der Waals surface area (Å²) in [5, 5.41) is 3.35. The second kappa shape index (κ2) is 5.81. The van der Waals surface area contributed by atoms with Crippen molar-refractivity contribution in [2.24, 2.45) is 5.73 Å². The summed E-state index contributed by atoms with van der Waals surface area (Å²) in [5.41, 5.74) is 7.84. The monoisotopic (exact) mass is 275 g/mol. The predicted molar refractivity (Wildman–Crippen MR) is 76.6 cm³/mol. The molecule has 0 aromatic heterocycles. The highest BCUT2D eigenvalue weighted by Gasteiger charge is 2.27. The van der Waals surface area contributed by atoms with Crippen LogP contribution in [0.4, 0.5) is 0 Å². The summed E-state index contributed by atoms with van der Waals surface area (Å²) in [6.07, 6.45) is 1.95. The van der Waals surface area contributed by atoms with Crippen LogP contribution in [0.2, 0.25) is 0 Å². The van der Waals surface area contributed by atoms with E-state index in [2.05, 4.69) is 16.3 Å². The van der Waals surface area contributed by atoms with Crippen molar-refractivity contribution in [3.05, 3.63) is 29.3 Å². The molecule has 1 amide bonds. The number of nitrogens with two attached hydrogens (primary N) is 1. The van der Waals surface area contributed by atoms with Gasteiger partial charge in [-0.15, -0.1) is 0 Å². The first-order valence-corrected chi connectivity index (χ1v) is 7.25. The average molecular weight is 275 g/mol. The van der Waals surface area contributed by atoms with E-state index in [1.165, 1.54) is 5.56 Å². The molecule has 1 aromatic rings. The summed E-state index contributed by atoms with van der Waals surface area (Å²) < 4.78 is 5.52. The SMILES string of the molecule is NC(=O)C(c1ccc2c(c1)CCO2)N1CCCNCC1. The van der Waals surface area contributed by atoms with Crippen LogP contribution in [0.3, 0.4) is 0 Å². The average Bonchev–Trinajstić information content (AvgIpc) is 2.73. The van der Waals surface area contributed by atoms with Crippen LogP contribution in [-0.4, -0.2) is 43.6 Å². The van der Waals surface area contributed by atoms with E-state index in [0.29, 0.717) is 0 Å². The fourth-order valence-electron chi connectivity index (χ4n) is 3.06. The molecule has 0 spiro atoms. The quantitative estimate of drug-likeness (QED) is 0.840. The van der Waals surface area contributed by atoms with Crippen molar-refractivity contribution in [3.8, 4) is 5.75 Å². The lowest BCUT2D eigenvalue weighted by molar-refractivity contribution is -0.123. The normalized spacial score (nSPS) is 20.8. The summed E-state index contributed by atoms with van der Waals surface area (Å²) in [5.74, 6) is 0.667. The van der Waals surface area contributed by atoms with E-state index >= 15 is 0 Å². The van der Waals surface area contributed by atoms with E-state index in [0.717, 1.165) is 56.9 Å². The zero-order valence-electron chi connectivity index (χ0n) is 11.6. The Morgan fingerprint density at radius 3 is 3.10 bits per heavy atom. The molecule has 3 N–H and O–H groups in total. The van der Waals surface area contributed by atoms with Gasteiger partial charge >= 0.3 is 0 Å².